The Morgan fingerprint density at radius 1 is 1.35 bits per heavy atom. The number of rotatable bonds is 3. The number of amides is 1. The van der Waals surface area contributed by atoms with Crippen molar-refractivity contribution in [3.63, 3.8) is 0 Å². The van der Waals surface area contributed by atoms with E-state index < -0.39 is 0 Å². The summed E-state index contributed by atoms with van der Waals surface area (Å²) in [7, 11) is 0. The number of benzene rings is 1. The SMILES string of the molecule is O=C(Cn1nnc2ccccc21)N1CCCCC1CO. The number of nitrogens with zero attached hydrogens (tertiary/aromatic N) is 4. The molecule has 1 saturated heterocycles. The first-order chi connectivity index (χ1) is 9.79. The molecular formula is C14H18N4O2. The molecule has 1 aliphatic heterocycles. The fourth-order valence-corrected chi connectivity index (χ4v) is 2.77. The molecule has 20 heavy (non-hydrogen) atoms. The van der Waals surface area contributed by atoms with Crippen molar-refractivity contribution >= 4 is 16.9 Å². The molecule has 1 unspecified atom stereocenters. The number of fused-ring (bicyclic) bond motifs is 1. The van der Waals surface area contributed by atoms with Gasteiger partial charge in [0.1, 0.15) is 12.1 Å². The molecule has 0 radical (unpaired) electrons. The molecule has 0 aliphatic carbocycles. The summed E-state index contributed by atoms with van der Waals surface area (Å²) >= 11 is 0. The van der Waals surface area contributed by atoms with E-state index in [2.05, 4.69) is 10.3 Å². The molecule has 0 saturated carbocycles. The Labute approximate surface area is 117 Å². The third-order valence-electron chi connectivity index (χ3n) is 3.86. The van der Waals surface area contributed by atoms with Crippen molar-refractivity contribution in [2.24, 2.45) is 0 Å². The third kappa shape index (κ3) is 2.38. The van der Waals surface area contributed by atoms with Crippen molar-refractivity contribution < 1.29 is 9.90 Å². The Morgan fingerprint density at radius 3 is 3.05 bits per heavy atom. The molecule has 106 valence electrons. The van der Waals surface area contributed by atoms with Gasteiger partial charge in [0.25, 0.3) is 0 Å². The Kier molecular flexibility index (Phi) is 3.64. The topological polar surface area (TPSA) is 71.2 Å². The van der Waals surface area contributed by atoms with Gasteiger partial charge in [0, 0.05) is 6.54 Å². The summed E-state index contributed by atoms with van der Waals surface area (Å²) < 4.78 is 1.63. The van der Waals surface area contributed by atoms with Crippen LogP contribution in [-0.2, 0) is 11.3 Å². The lowest BCUT2D eigenvalue weighted by Gasteiger charge is -2.34. The first kappa shape index (κ1) is 13.1. The molecular weight excluding hydrogens is 256 g/mol. The number of piperidine rings is 1. The van der Waals surface area contributed by atoms with Crippen LogP contribution in [0.2, 0.25) is 0 Å². The van der Waals surface area contributed by atoms with Crippen molar-refractivity contribution in [1.29, 1.82) is 0 Å². The van der Waals surface area contributed by atoms with Crippen molar-refractivity contribution in [3.05, 3.63) is 24.3 Å². The zero-order valence-corrected chi connectivity index (χ0v) is 11.3. The van der Waals surface area contributed by atoms with E-state index in [1.807, 2.05) is 24.3 Å². The molecule has 0 bridgehead atoms. The van der Waals surface area contributed by atoms with Gasteiger partial charge >= 0.3 is 0 Å². The van der Waals surface area contributed by atoms with Crippen LogP contribution in [0.25, 0.3) is 11.0 Å². The van der Waals surface area contributed by atoms with E-state index in [0.717, 1.165) is 36.8 Å². The van der Waals surface area contributed by atoms with E-state index in [1.165, 1.54) is 0 Å². The summed E-state index contributed by atoms with van der Waals surface area (Å²) in [6.07, 6.45) is 2.95. The molecule has 1 amide bonds. The summed E-state index contributed by atoms with van der Waals surface area (Å²) in [5.74, 6) is -0.000553. The fourth-order valence-electron chi connectivity index (χ4n) is 2.77. The average Bonchev–Trinajstić information content (AvgIpc) is 2.90. The first-order valence-electron chi connectivity index (χ1n) is 6.98. The van der Waals surface area contributed by atoms with E-state index in [-0.39, 0.29) is 25.1 Å². The highest BCUT2D eigenvalue weighted by molar-refractivity contribution is 5.80. The second-order valence-corrected chi connectivity index (χ2v) is 5.16. The van der Waals surface area contributed by atoms with Gasteiger partial charge in [0.2, 0.25) is 5.91 Å². The predicted octanol–water partition coefficient (Wildman–Crippen LogP) is 0.805. The first-order valence-corrected chi connectivity index (χ1v) is 6.98. The minimum absolute atomic E-state index is 0.000553. The van der Waals surface area contributed by atoms with Crippen molar-refractivity contribution in [3.8, 4) is 0 Å². The predicted molar refractivity (Wildman–Crippen MR) is 74.0 cm³/mol. The fraction of sp³-hybridized carbons (Fsp3) is 0.500. The highest BCUT2D eigenvalue weighted by Gasteiger charge is 2.26. The van der Waals surface area contributed by atoms with Gasteiger partial charge in [-0.05, 0) is 31.4 Å². The number of para-hydroxylation sites is 1. The number of hydrogen-bond donors (Lipinski definition) is 1. The van der Waals surface area contributed by atoms with Crippen LogP contribution < -0.4 is 0 Å². The van der Waals surface area contributed by atoms with Gasteiger partial charge in [-0.3, -0.25) is 4.79 Å². The van der Waals surface area contributed by atoms with E-state index in [1.54, 1.807) is 9.58 Å². The lowest BCUT2D eigenvalue weighted by molar-refractivity contribution is -0.136. The van der Waals surface area contributed by atoms with Crippen LogP contribution in [0.5, 0.6) is 0 Å². The molecule has 6 nitrogen and oxygen atoms in total. The molecule has 1 aromatic carbocycles. The average molecular weight is 274 g/mol. The zero-order chi connectivity index (χ0) is 13.9. The maximum absolute atomic E-state index is 12.4. The summed E-state index contributed by atoms with van der Waals surface area (Å²) in [6.45, 7) is 0.928. The Hall–Kier alpha value is -1.95. The van der Waals surface area contributed by atoms with Gasteiger partial charge in [-0.1, -0.05) is 17.3 Å². The Balaban J connectivity index is 1.78. The molecule has 1 N–H and O–H groups in total. The quantitative estimate of drug-likeness (QED) is 0.899. The van der Waals surface area contributed by atoms with Crippen molar-refractivity contribution in [2.75, 3.05) is 13.2 Å². The van der Waals surface area contributed by atoms with Crippen molar-refractivity contribution in [2.45, 2.75) is 31.8 Å². The summed E-state index contributed by atoms with van der Waals surface area (Å²) in [4.78, 5) is 14.2. The van der Waals surface area contributed by atoms with Crippen molar-refractivity contribution in [1.82, 2.24) is 19.9 Å². The number of carbonyl (C=O) groups excluding carboxylic acids is 1. The van der Waals surface area contributed by atoms with Crippen LogP contribution in [0, 0.1) is 0 Å². The van der Waals surface area contributed by atoms with E-state index in [9.17, 15) is 9.90 Å². The van der Waals surface area contributed by atoms with E-state index in [4.69, 9.17) is 0 Å². The number of aromatic nitrogens is 3. The van der Waals surface area contributed by atoms with Crippen LogP contribution in [0.15, 0.2) is 24.3 Å². The Bertz CT molecular complexity index is 610. The molecule has 2 aromatic rings. The number of aliphatic hydroxyl groups excluding tert-OH is 1. The van der Waals surface area contributed by atoms with Gasteiger partial charge in [-0.2, -0.15) is 0 Å². The van der Waals surface area contributed by atoms with Gasteiger partial charge < -0.3 is 10.0 Å². The number of likely N-dealkylation sites (tertiary alicyclic amines) is 1. The molecule has 1 fully saturated rings. The van der Waals surface area contributed by atoms with Gasteiger partial charge in [-0.15, -0.1) is 5.10 Å². The van der Waals surface area contributed by atoms with Crippen LogP contribution >= 0.6 is 0 Å². The number of aliphatic hydroxyl groups is 1. The second kappa shape index (κ2) is 5.58. The van der Waals surface area contributed by atoms with E-state index in [0.29, 0.717) is 0 Å². The van der Waals surface area contributed by atoms with Gasteiger partial charge in [0.05, 0.1) is 18.2 Å². The molecule has 6 heteroatoms. The highest BCUT2D eigenvalue weighted by Crippen LogP contribution is 2.18. The summed E-state index contributed by atoms with van der Waals surface area (Å²) in [5, 5.41) is 17.5. The largest absolute Gasteiger partial charge is 0.394 e. The summed E-state index contributed by atoms with van der Waals surface area (Å²) in [5.41, 5.74) is 1.65. The molecule has 2 heterocycles. The second-order valence-electron chi connectivity index (χ2n) is 5.16. The maximum atomic E-state index is 12.4. The lowest BCUT2D eigenvalue weighted by Crippen LogP contribution is -2.47. The summed E-state index contributed by atoms with van der Waals surface area (Å²) in [6, 6.07) is 7.54. The number of hydrogen-bond acceptors (Lipinski definition) is 4. The third-order valence-corrected chi connectivity index (χ3v) is 3.86. The molecule has 1 aromatic heterocycles. The highest BCUT2D eigenvalue weighted by atomic mass is 16.3. The van der Waals surface area contributed by atoms with Gasteiger partial charge in [-0.25, -0.2) is 4.68 Å². The Morgan fingerprint density at radius 2 is 2.20 bits per heavy atom. The molecule has 0 spiro atoms. The zero-order valence-electron chi connectivity index (χ0n) is 11.3. The smallest absolute Gasteiger partial charge is 0.244 e. The molecule has 1 atom stereocenters. The standard InChI is InChI=1S/C14H18N4O2/c19-10-11-5-3-4-8-17(11)14(20)9-18-13-7-2-1-6-12(13)15-16-18/h1-2,6-7,11,19H,3-5,8-10H2. The minimum atomic E-state index is -0.0500. The molecule has 3 rings (SSSR count). The van der Waals surface area contributed by atoms with Gasteiger partial charge in [0.15, 0.2) is 0 Å². The van der Waals surface area contributed by atoms with Crippen LogP contribution in [0.1, 0.15) is 19.3 Å². The lowest BCUT2D eigenvalue weighted by atomic mass is 10.0. The van der Waals surface area contributed by atoms with E-state index >= 15 is 0 Å². The van der Waals surface area contributed by atoms with Crippen LogP contribution in [-0.4, -0.2) is 50.1 Å². The number of carbonyl (C=O) groups is 1. The minimum Gasteiger partial charge on any atom is -0.394 e. The maximum Gasteiger partial charge on any atom is 0.244 e. The molecule has 1 aliphatic rings. The normalized spacial score (nSPS) is 19.4. The monoisotopic (exact) mass is 274 g/mol. The van der Waals surface area contributed by atoms with Crippen LogP contribution in [0.4, 0.5) is 0 Å². The van der Waals surface area contributed by atoms with Crippen LogP contribution in [0.3, 0.4) is 0 Å².